The van der Waals surface area contributed by atoms with Crippen molar-refractivity contribution < 1.29 is 24.5 Å². The fourth-order valence-electron chi connectivity index (χ4n) is 2.39. The van der Waals surface area contributed by atoms with Crippen LogP contribution in [0.3, 0.4) is 0 Å². The molecule has 0 radical (unpaired) electrons. The summed E-state index contributed by atoms with van der Waals surface area (Å²) in [6, 6.07) is 8.92. The number of hydrogen-bond acceptors (Lipinski definition) is 3. The van der Waals surface area contributed by atoms with Gasteiger partial charge in [-0.15, -0.1) is 0 Å². The number of ether oxygens (including phenoxy) is 1. The summed E-state index contributed by atoms with van der Waals surface area (Å²) in [6.45, 7) is 0. The van der Waals surface area contributed by atoms with Gasteiger partial charge in [-0.25, -0.2) is 4.79 Å². The highest BCUT2D eigenvalue weighted by atomic mass is 16.5. The maximum Gasteiger partial charge on any atom is 0.340 e. The van der Waals surface area contributed by atoms with Gasteiger partial charge in [0.1, 0.15) is 0 Å². The number of carboxylic acid groups (broad SMARTS) is 2. The van der Waals surface area contributed by atoms with Crippen LogP contribution in [0.4, 0.5) is 0 Å². The molecule has 0 aliphatic carbocycles. The largest absolute Gasteiger partial charge is 0.481 e. The Morgan fingerprint density at radius 1 is 1.05 bits per heavy atom. The fourth-order valence-corrected chi connectivity index (χ4v) is 2.39. The lowest BCUT2D eigenvalue weighted by atomic mass is 9.88. The van der Waals surface area contributed by atoms with Crippen molar-refractivity contribution in [2.75, 3.05) is 7.11 Å². The second-order valence-corrected chi connectivity index (χ2v) is 5.01. The molecule has 0 amide bonds. The van der Waals surface area contributed by atoms with Crippen LogP contribution in [-0.4, -0.2) is 29.3 Å². The Bertz CT molecular complexity index is 457. The molecule has 5 nitrogen and oxygen atoms in total. The molecule has 1 atom stereocenters. The fraction of sp³-hybridized carbons (Fsp3) is 0.500. The molecule has 0 fully saturated rings. The Labute approximate surface area is 124 Å². The minimum absolute atomic E-state index is 0.160. The average molecular weight is 294 g/mol. The number of unbranched alkanes of at least 4 members (excludes halogenated alkanes) is 3. The third-order valence-corrected chi connectivity index (χ3v) is 3.60. The van der Waals surface area contributed by atoms with Crippen LogP contribution in [0.1, 0.15) is 44.1 Å². The van der Waals surface area contributed by atoms with Gasteiger partial charge >= 0.3 is 11.9 Å². The quantitative estimate of drug-likeness (QED) is 0.648. The van der Waals surface area contributed by atoms with E-state index in [2.05, 4.69) is 0 Å². The number of carbonyl (C=O) groups is 2. The first-order chi connectivity index (χ1) is 10.0. The molecule has 1 rings (SSSR count). The molecule has 21 heavy (non-hydrogen) atoms. The second kappa shape index (κ2) is 8.42. The van der Waals surface area contributed by atoms with E-state index in [0.717, 1.165) is 12.8 Å². The summed E-state index contributed by atoms with van der Waals surface area (Å²) in [5, 5.41) is 18.1. The van der Waals surface area contributed by atoms with Gasteiger partial charge < -0.3 is 14.9 Å². The summed E-state index contributed by atoms with van der Waals surface area (Å²) in [6.07, 6.45) is 3.39. The Morgan fingerprint density at radius 3 is 2.19 bits per heavy atom. The van der Waals surface area contributed by atoms with Crippen molar-refractivity contribution in [3.05, 3.63) is 35.9 Å². The topological polar surface area (TPSA) is 83.8 Å². The summed E-state index contributed by atoms with van der Waals surface area (Å²) in [4.78, 5) is 22.1. The molecule has 0 aliphatic rings. The third kappa shape index (κ3) is 4.86. The molecular formula is C16H22O5. The van der Waals surface area contributed by atoms with E-state index in [1.54, 1.807) is 24.3 Å². The van der Waals surface area contributed by atoms with Gasteiger partial charge in [0.15, 0.2) is 5.60 Å². The van der Waals surface area contributed by atoms with Gasteiger partial charge in [0.2, 0.25) is 0 Å². The van der Waals surface area contributed by atoms with Gasteiger partial charge in [-0.05, 0) is 24.8 Å². The van der Waals surface area contributed by atoms with Crippen LogP contribution in [0.2, 0.25) is 0 Å². The first-order valence-electron chi connectivity index (χ1n) is 7.09. The lowest BCUT2D eigenvalue weighted by Gasteiger charge is -2.28. The zero-order valence-electron chi connectivity index (χ0n) is 12.2. The molecule has 0 saturated carbocycles. The molecule has 5 heteroatoms. The molecule has 0 aromatic heterocycles. The van der Waals surface area contributed by atoms with Crippen molar-refractivity contribution in [1.29, 1.82) is 0 Å². The van der Waals surface area contributed by atoms with Crippen molar-refractivity contribution >= 4 is 11.9 Å². The predicted molar refractivity (Wildman–Crippen MR) is 78.1 cm³/mol. The molecule has 0 saturated heterocycles. The molecule has 0 aliphatic heterocycles. The van der Waals surface area contributed by atoms with E-state index in [-0.39, 0.29) is 6.42 Å². The van der Waals surface area contributed by atoms with E-state index in [1.807, 2.05) is 6.07 Å². The Morgan fingerprint density at radius 2 is 1.67 bits per heavy atom. The first-order valence-corrected chi connectivity index (χ1v) is 7.09. The van der Waals surface area contributed by atoms with Crippen LogP contribution >= 0.6 is 0 Å². The van der Waals surface area contributed by atoms with E-state index >= 15 is 0 Å². The van der Waals surface area contributed by atoms with Crippen molar-refractivity contribution in [2.45, 2.75) is 44.1 Å². The van der Waals surface area contributed by atoms with E-state index in [0.29, 0.717) is 24.8 Å². The van der Waals surface area contributed by atoms with Crippen LogP contribution in [0.25, 0.3) is 0 Å². The summed E-state index contributed by atoms with van der Waals surface area (Å²) in [5.41, 5.74) is -0.695. The van der Waals surface area contributed by atoms with Gasteiger partial charge in [0.05, 0.1) is 0 Å². The van der Waals surface area contributed by atoms with E-state index in [4.69, 9.17) is 9.84 Å². The van der Waals surface area contributed by atoms with Crippen molar-refractivity contribution in [1.82, 2.24) is 0 Å². The standard InChI is InChI=1S/C16H22O5/c1-21-16(15(19)20,13-9-5-4-6-10-13)12-8-3-2-7-11-14(17)18/h4-6,9-10H,2-3,7-8,11-12H2,1H3,(H,17,18)(H,19,20). The number of benzene rings is 1. The van der Waals surface area contributed by atoms with E-state index in [1.165, 1.54) is 7.11 Å². The maximum absolute atomic E-state index is 11.7. The molecule has 1 aromatic rings. The molecular weight excluding hydrogens is 272 g/mol. The predicted octanol–water partition coefficient (Wildman–Crippen LogP) is 3.04. The molecule has 0 bridgehead atoms. The van der Waals surface area contributed by atoms with Crippen LogP contribution in [0, 0.1) is 0 Å². The van der Waals surface area contributed by atoms with Gasteiger partial charge in [-0.3, -0.25) is 4.79 Å². The van der Waals surface area contributed by atoms with Crippen LogP contribution < -0.4 is 0 Å². The minimum atomic E-state index is -1.33. The molecule has 1 unspecified atom stereocenters. The summed E-state index contributed by atoms with van der Waals surface area (Å²) in [7, 11) is 1.41. The second-order valence-electron chi connectivity index (χ2n) is 5.01. The number of rotatable bonds is 10. The SMILES string of the molecule is COC(CCCCCCC(=O)O)(C(=O)O)c1ccccc1. The van der Waals surface area contributed by atoms with Crippen LogP contribution in [0.15, 0.2) is 30.3 Å². The summed E-state index contributed by atoms with van der Waals surface area (Å²) >= 11 is 0. The summed E-state index contributed by atoms with van der Waals surface area (Å²) in [5.74, 6) is -1.79. The number of aliphatic carboxylic acids is 2. The Hall–Kier alpha value is -1.88. The smallest absolute Gasteiger partial charge is 0.340 e. The lowest BCUT2D eigenvalue weighted by molar-refractivity contribution is -0.165. The molecule has 0 heterocycles. The van der Waals surface area contributed by atoms with Crippen molar-refractivity contribution in [3.8, 4) is 0 Å². The van der Waals surface area contributed by atoms with Crippen LogP contribution in [-0.2, 0) is 19.9 Å². The number of carboxylic acids is 2. The molecule has 1 aromatic carbocycles. The highest BCUT2D eigenvalue weighted by molar-refractivity contribution is 5.79. The zero-order chi connectivity index (χ0) is 15.7. The molecule has 0 spiro atoms. The third-order valence-electron chi connectivity index (χ3n) is 3.60. The Balaban J connectivity index is 2.60. The minimum Gasteiger partial charge on any atom is -0.481 e. The molecule has 2 N–H and O–H groups in total. The zero-order valence-corrected chi connectivity index (χ0v) is 12.2. The average Bonchev–Trinajstić information content (AvgIpc) is 2.47. The van der Waals surface area contributed by atoms with Crippen LogP contribution in [0.5, 0.6) is 0 Å². The van der Waals surface area contributed by atoms with Gasteiger partial charge in [0.25, 0.3) is 0 Å². The Kier molecular flexibility index (Phi) is 6.88. The lowest BCUT2D eigenvalue weighted by Crippen LogP contribution is -2.37. The maximum atomic E-state index is 11.7. The monoisotopic (exact) mass is 294 g/mol. The van der Waals surface area contributed by atoms with E-state index in [9.17, 15) is 14.7 Å². The highest BCUT2D eigenvalue weighted by Gasteiger charge is 2.39. The normalized spacial score (nSPS) is 13.6. The van der Waals surface area contributed by atoms with Crippen molar-refractivity contribution in [2.24, 2.45) is 0 Å². The van der Waals surface area contributed by atoms with Gasteiger partial charge in [-0.1, -0.05) is 43.2 Å². The van der Waals surface area contributed by atoms with Gasteiger partial charge in [-0.2, -0.15) is 0 Å². The molecule has 116 valence electrons. The highest BCUT2D eigenvalue weighted by Crippen LogP contribution is 2.31. The van der Waals surface area contributed by atoms with Crippen molar-refractivity contribution in [3.63, 3.8) is 0 Å². The summed E-state index contributed by atoms with van der Waals surface area (Å²) < 4.78 is 5.34. The first kappa shape index (κ1) is 17.2. The van der Waals surface area contributed by atoms with E-state index < -0.39 is 17.5 Å². The van der Waals surface area contributed by atoms with Gasteiger partial charge in [0, 0.05) is 13.5 Å². The number of hydrogen-bond donors (Lipinski definition) is 2. The number of methoxy groups -OCH3 is 1.